The van der Waals surface area contributed by atoms with Gasteiger partial charge in [0.05, 0.1) is 5.60 Å². The topological polar surface area (TPSA) is 36.4 Å². The molecule has 1 saturated heterocycles. The molecule has 0 atom stereocenters. The molecule has 2 rings (SSSR count). The maximum Gasteiger partial charge on any atom is 0.128 e. The van der Waals surface area contributed by atoms with Crippen molar-refractivity contribution in [3.05, 3.63) is 23.9 Å². The summed E-state index contributed by atoms with van der Waals surface area (Å²) in [6.45, 7) is 5.89. The molecule has 3 heteroatoms. The summed E-state index contributed by atoms with van der Waals surface area (Å²) >= 11 is 0. The van der Waals surface area contributed by atoms with Crippen LogP contribution >= 0.6 is 0 Å². The molecule has 0 saturated carbocycles. The minimum Gasteiger partial charge on any atom is -0.390 e. The number of aliphatic hydroxyl groups is 1. The largest absolute Gasteiger partial charge is 0.390 e. The van der Waals surface area contributed by atoms with Gasteiger partial charge >= 0.3 is 0 Å². The van der Waals surface area contributed by atoms with Gasteiger partial charge in [0.1, 0.15) is 5.82 Å². The summed E-state index contributed by atoms with van der Waals surface area (Å²) < 4.78 is 0. The van der Waals surface area contributed by atoms with Gasteiger partial charge in [-0.05, 0) is 38.3 Å². The normalized spacial score (nSPS) is 16.8. The van der Waals surface area contributed by atoms with Gasteiger partial charge in [-0.15, -0.1) is 0 Å². The van der Waals surface area contributed by atoms with Crippen molar-refractivity contribution in [3.8, 4) is 0 Å². The van der Waals surface area contributed by atoms with Crippen LogP contribution in [0.3, 0.4) is 0 Å². The van der Waals surface area contributed by atoms with E-state index in [2.05, 4.69) is 22.0 Å². The molecular weight excluding hydrogens is 200 g/mol. The number of hydrogen-bond donors (Lipinski definition) is 1. The van der Waals surface area contributed by atoms with Crippen LogP contribution in [0, 0.1) is 0 Å². The van der Waals surface area contributed by atoms with E-state index in [1.54, 1.807) is 0 Å². The fourth-order valence-corrected chi connectivity index (χ4v) is 2.15. The molecule has 1 aromatic rings. The van der Waals surface area contributed by atoms with Gasteiger partial charge in [0.25, 0.3) is 0 Å². The molecule has 16 heavy (non-hydrogen) atoms. The Kier molecular flexibility index (Phi) is 3.15. The van der Waals surface area contributed by atoms with E-state index in [9.17, 15) is 5.11 Å². The minimum absolute atomic E-state index is 0.653. The Morgan fingerprint density at radius 3 is 2.50 bits per heavy atom. The second-order valence-electron chi connectivity index (χ2n) is 5.21. The fourth-order valence-electron chi connectivity index (χ4n) is 2.15. The second kappa shape index (κ2) is 4.42. The molecule has 0 bridgehead atoms. The molecule has 1 fully saturated rings. The molecule has 1 aromatic heterocycles. The zero-order valence-electron chi connectivity index (χ0n) is 10.1. The van der Waals surface area contributed by atoms with Gasteiger partial charge in [0.15, 0.2) is 0 Å². The van der Waals surface area contributed by atoms with Crippen molar-refractivity contribution in [2.45, 2.75) is 38.7 Å². The van der Waals surface area contributed by atoms with Gasteiger partial charge in [-0.3, -0.25) is 0 Å². The Morgan fingerprint density at radius 2 is 2.00 bits per heavy atom. The van der Waals surface area contributed by atoms with Crippen molar-refractivity contribution in [2.75, 3.05) is 18.0 Å². The Balaban J connectivity index is 2.04. The molecule has 3 nitrogen and oxygen atoms in total. The van der Waals surface area contributed by atoms with Gasteiger partial charge in [-0.1, -0.05) is 6.07 Å². The summed E-state index contributed by atoms with van der Waals surface area (Å²) in [6.07, 6.45) is 5.08. The third kappa shape index (κ3) is 2.95. The van der Waals surface area contributed by atoms with Crippen LogP contribution in [-0.4, -0.2) is 28.8 Å². The van der Waals surface area contributed by atoms with Crippen molar-refractivity contribution >= 4 is 5.82 Å². The summed E-state index contributed by atoms with van der Waals surface area (Å²) in [5.41, 5.74) is 0.437. The van der Waals surface area contributed by atoms with E-state index >= 15 is 0 Å². The summed E-state index contributed by atoms with van der Waals surface area (Å²) in [7, 11) is 0. The Bertz CT molecular complexity index is 334. The van der Waals surface area contributed by atoms with E-state index in [1.165, 1.54) is 12.8 Å². The minimum atomic E-state index is -0.656. The summed E-state index contributed by atoms with van der Waals surface area (Å²) in [5, 5.41) is 9.71. The van der Waals surface area contributed by atoms with Crippen LogP contribution in [0.1, 0.15) is 32.3 Å². The molecule has 0 unspecified atom stereocenters. The molecule has 0 amide bonds. The van der Waals surface area contributed by atoms with E-state index in [-0.39, 0.29) is 0 Å². The maximum atomic E-state index is 9.71. The highest BCUT2D eigenvalue weighted by Crippen LogP contribution is 2.19. The molecule has 1 aliphatic heterocycles. The van der Waals surface area contributed by atoms with Gasteiger partial charge in [0.2, 0.25) is 0 Å². The molecule has 88 valence electrons. The molecule has 0 radical (unpaired) electrons. The van der Waals surface area contributed by atoms with Crippen LogP contribution in [0.5, 0.6) is 0 Å². The Morgan fingerprint density at radius 1 is 1.31 bits per heavy atom. The Labute approximate surface area is 97.1 Å². The van der Waals surface area contributed by atoms with E-state index in [1.807, 2.05) is 20.0 Å². The molecule has 0 aromatic carbocycles. The van der Waals surface area contributed by atoms with Crippen LogP contribution in [0.25, 0.3) is 0 Å². The number of rotatable bonds is 3. The van der Waals surface area contributed by atoms with Crippen LogP contribution < -0.4 is 4.90 Å². The third-order valence-corrected chi connectivity index (χ3v) is 2.88. The third-order valence-electron chi connectivity index (χ3n) is 2.88. The zero-order chi connectivity index (χ0) is 11.6. The molecular formula is C13H20N2O. The average molecular weight is 220 g/mol. The summed E-state index contributed by atoms with van der Waals surface area (Å²) in [5.74, 6) is 1.07. The second-order valence-corrected chi connectivity index (χ2v) is 5.21. The molecule has 1 N–H and O–H groups in total. The smallest absolute Gasteiger partial charge is 0.128 e. The van der Waals surface area contributed by atoms with Crippen molar-refractivity contribution < 1.29 is 5.11 Å². The van der Waals surface area contributed by atoms with E-state index in [4.69, 9.17) is 0 Å². The number of aromatic nitrogens is 1. The van der Waals surface area contributed by atoms with Crippen molar-refractivity contribution in [3.63, 3.8) is 0 Å². The predicted molar refractivity (Wildman–Crippen MR) is 65.7 cm³/mol. The van der Waals surface area contributed by atoms with Crippen LogP contribution in [0.2, 0.25) is 0 Å². The lowest BCUT2D eigenvalue weighted by atomic mass is 10.0. The highest BCUT2D eigenvalue weighted by molar-refractivity contribution is 5.40. The van der Waals surface area contributed by atoms with Crippen LogP contribution in [0.4, 0.5) is 5.82 Å². The van der Waals surface area contributed by atoms with Crippen molar-refractivity contribution in [2.24, 2.45) is 0 Å². The molecule has 2 heterocycles. The number of anilines is 1. The quantitative estimate of drug-likeness (QED) is 0.846. The van der Waals surface area contributed by atoms with Gasteiger partial charge in [-0.25, -0.2) is 4.98 Å². The lowest BCUT2D eigenvalue weighted by Crippen LogP contribution is -2.22. The first-order valence-corrected chi connectivity index (χ1v) is 5.97. The van der Waals surface area contributed by atoms with E-state index in [0.717, 1.165) is 24.5 Å². The lowest BCUT2D eigenvalue weighted by molar-refractivity contribution is 0.0809. The SMILES string of the molecule is CC(C)(O)Cc1ccc(N2CCCC2)nc1. The van der Waals surface area contributed by atoms with Crippen LogP contribution in [0.15, 0.2) is 18.3 Å². The van der Waals surface area contributed by atoms with E-state index < -0.39 is 5.60 Å². The maximum absolute atomic E-state index is 9.71. The predicted octanol–water partition coefficient (Wildman–Crippen LogP) is 2.00. The summed E-state index contributed by atoms with van der Waals surface area (Å²) in [4.78, 5) is 6.77. The Hall–Kier alpha value is -1.09. The zero-order valence-corrected chi connectivity index (χ0v) is 10.1. The standard InChI is InChI=1S/C13H20N2O/c1-13(2,16)9-11-5-6-12(14-10-11)15-7-3-4-8-15/h5-6,10,16H,3-4,7-9H2,1-2H3. The van der Waals surface area contributed by atoms with Crippen LogP contribution in [-0.2, 0) is 6.42 Å². The van der Waals surface area contributed by atoms with E-state index in [0.29, 0.717) is 6.42 Å². The number of nitrogens with zero attached hydrogens (tertiary/aromatic N) is 2. The summed E-state index contributed by atoms with van der Waals surface area (Å²) in [6, 6.07) is 4.13. The first-order valence-electron chi connectivity index (χ1n) is 5.97. The van der Waals surface area contributed by atoms with Crippen molar-refractivity contribution in [1.82, 2.24) is 4.98 Å². The lowest BCUT2D eigenvalue weighted by Gasteiger charge is -2.19. The first kappa shape index (κ1) is 11.4. The van der Waals surface area contributed by atoms with Gasteiger partial charge in [0, 0.05) is 25.7 Å². The monoisotopic (exact) mass is 220 g/mol. The molecule has 0 spiro atoms. The molecule has 0 aliphatic carbocycles. The highest BCUT2D eigenvalue weighted by atomic mass is 16.3. The fraction of sp³-hybridized carbons (Fsp3) is 0.615. The highest BCUT2D eigenvalue weighted by Gasteiger charge is 2.15. The van der Waals surface area contributed by atoms with Gasteiger partial charge < -0.3 is 10.0 Å². The first-order chi connectivity index (χ1) is 7.54. The number of pyridine rings is 1. The average Bonchev–Trinajstić information content (AvgIpc) is 2.69. The van der Waals surface area contributed by atoms with Gasteiger partial charge in [-0.2, -0.15) is 0 Å². The molecule has 1 aliphatic rings. The number of hydrogen-bond acceptors (Lipinski definition) is 3. The van der Waals surface area contributed by atoms with Crippen molar-refractivity contribution in [1.29, 1.82) is 0 Å².